The zero-order chi connectivity index (χ0) is 11.2. The molecule has 0 aromatic carbocycles. The molecule has 2 unspecified atom stereocenters. The van der Waals surface area contributed by atoms with Crippen molar-refractivity contribution in [3.8, 4) is 0 Å². The molecule has 0 aromatic rings. The predicted molar refractivity (Wildman–Crippen MR) is 58.3 cm³/mol. The van der Waals surface area contributed by atoms with Crippen molar-refractivity contribution in [2.75, 3.05) is 20.1 Å². The predicted octanol–water partition coefficient (Wildman–Crippen LogP) is 1.30. The molecule has 0 aromatic heterocycles. The van der Waals surface area contributed by atoms with Crippen LogP contribution in [0.1, 0.15) is 33.6 Å². The molecule has 0 aliphatic carbocycles. The third kappa shape index (κ3) is 5.35. The molecule has 0 fully saturated rings. The molecule has 0 spiro atoms. The van der Waals surface area contributed by atoms with Gasteiger partial charge in [0.2, 0.25) is 0 Å². The first kappa shape index (κ1) is 13.6. The van der Waals surface area contributed by atoms with Crippen LogP contribution in [-0.4, -0.2) is 42.5 Å². The number of carbonyl (C=O) groups is 1. The average Bonchev–Trinajstić information content (AvgIpc) is 2.02. The lowest BCUT2D eigenvalue weighted by Crippen LogP contribution is -2.38. The minimum atomic E-state index is -0.336. The molecule has 0 saturated heterocycles. The van der Waals surface area contributed by atoms with E-state index in [9.17, 15) is 9.90 Å². The van der Waals surface area contributed by atoms with Crippen molar-refractivity contribution in [1.29, 1.82) is 0 Å². The topological polar surface area (TPSA) is 40.5 Å². The Balaban J connectivity index is 4.09. The maximum Gasteiger partial charge on any atom is 0.127 e. The number of rotatable bonds is 7. The number of hydrogen-bond acceptors (Lipinski definition) is 3. The number of carbonyl (C=O) groups excluding carboxylic acids is 1. The first-order valence-corrected chi connectivity index (χ1v) is 5.26. The Morgan fingerprint density at radius 1 is 1.57 bits per heavy atom. The number of hydrogen-bond donors (Lipinski definition) is 1. The Labute approximate surface area is 87.1 Å². The molecule has 0 bridgehead atoms. The zero-order valence-corrected chi connectivity index (χ0v) is 9.79. The normalized spacial score (nSPS) is 17.9. The van der Waals surface area contributed by atoms with Gasteiger partial charge in [-0.15, -0.1) is 0 Å². The highest BCUT2D eigenvalue weighted by Gasteiger charge is 2.24. The van der Waals surface area contributed by atoms with Gasteiger partial charge in [0.15, 0.2) is 0 Å². The van der Waals surface area contributed by atoms with Gasteiger partial charge in [0, 0.05) is 18.5 Å². The van der Waals surface area contributed by atoms with E-state index in [4.69, 9.17) is 0 Å². The van der Waals surface area contributed by atoms with Gasteiger partial charge in [-0.25, -0.2) is 0 Å². The summed E-state index contributed by atoms with van der Waals surface area (Å²) in [7, 11) is 1.93. The summed E-state index contributed by atoms with van der Waals surface area (Å²) in [4.78, 5) is 13.0. The van der Waals surface area contributed by atoms with Crippen LogP contribution in [0.25, 0.3) is 0 Å². The molecule has 0 saturated carbocycles. The number of aliphatic hydroxyl groups excluding tert-OH is 1. The van der Waals surface area contributed by atoms with Crippen LogP contribution in [-0.2, 0) is 4.79 Å². The fourth-order valence-corrected chi connectivity index (χ4v) is 1.88. The molecule has 0 rings (SSSR count). The SMILES string of the molecule is CCCC(C)(C=O)CN(C)CC(C)O. The van der Waals surface area contributed by atoms with Crippen LogP contribution in [0.4, 0.5) is 0 Å². The number of aliphatic hydroxyl groups is 1. The van der Waals surface area contributed by atoms with E-state index in [1.807, 2.05) is 18.9 Å². The first-order valence-electron chi connectivity index (χ1n) is 5.26. The lowest BCUT2D eigenvalue weighted by Gasteiger charge is -2.29. The maximum absolute atomic E-state index is 10.9. The molecular weight excluding hydrogens is 178 g/mol. The molecule has 0 aliphatic rings. The van der Waals surface area contributed by atoms with E-state index in [1.165, 1.54) is 0 Å². The van der Waals surface area contributed by atoms with Crippen LogP contribution >= 0.6 is 0 Å². The number of nitrogens with zero attached hydrogens (tertiary/aromatic N) is 1. The van der Waals surface area contributed by atoms with Gasteiger partial charge in [0.25, 0.3) is 0 Å². The molecule has 0 heterocycles. The number of likely N-dealkylation sites (N-methyl/N-ethyl adjacent to an activating group) is 1. The highest BCUT2D eigenvalue weighted by molar-refractivity contribution is 5.58. The van der Waals surface area contributed by atoms with Crippen molar-refractivity contribution in [3.05, 3.63) is 0 Å². The van der Waals surface area contributed by atoms with Crippen molar-refractivity contribution in [3.63, 3.8) is 0 Å². The van der Waals surface area contributed by atoms with Gasteiger partial charge >= 0.3 is 0 Å². The third-order valence-electron chi connectivity index (χ3n) is 2.31. The summed E-state index contributed by atoms with van der Waals surface area (Å²) in [5.74, 6) is 0. The fourth-order valence-electron chi connectivity index (χ4n) is 1.88. The standard InChI is InChI=1S/C11H23NO2/c1-5-6-11(3,9-13)8-12(4)7-10(2)14/h9-10,14H,5-8H2,1-4H3. The highest BCUT2D eigenvalue weighted by atomic mass is 16.3. The smallest absolute Gasteiger partial charge is 0.127 e. The first-order chi connectivity index (χ1) is 6.43. The van der Waals surface area contributed by atoms with Gasteiger partial charge in [-0.2, -0.15) is 0 Å². The van der Waals surface area contributed by atoms with Gasteiger partial charge in [-0.05, 0) is 20.4 Å². The van der Waals surface area contributed by atoms with Crippen LogP contribution < -0.4 is 0 Å². The van der Waals surface area contributed by atoms with Crippen molar-refractivity contribution < 1.29 is 9.90 Å². The van der Waals surface area contributed by atoms with Crippen LogP contribution in [0, 0.1) is 5.41 Å². The molecule has 3 nitrogen and oxygen atoms in total. The van der Waals surface area contributed by atoms with E-state index in [-0.39, 0.29) is 11.5 Å². The van der Waals surface area contributed by atoms with Gasteiger partial charge in [0.1, 0.15) is 6.29 Å². The lowest BCUT2D eigenvalue weighted by atomic mass is 9.87. The van der Waals surface area contributed by atoms with E-state index in [0.717, 1.165) is 25.7 Å². The number of aldehydes is 1. The average molecular weight is 201 g/mol. The second kappa shape index (κ2) is 6.14. The molecular formula is C11H23NO2. The highest BCUT2D eigenvalue weighted by Crippen LogP contribution is 2.21. The molecule has 1 N–H and O–H groups in total. The fraction of sp³-hybridized carbons (Fsp3) is 0.909. The second-order valence-corrected chi connectivity index (χ2v) is 4.57. The second-order valence-electron chi connectivity index (χ2n) is 4.57. The molecule has 0 radical (unpaired) electrons. The minimum absolute atomic E-state index is 0.265. The van der Waals surface area contributed by atoms with Gasteiger partial charge in [0.05, 0.1) is 6.10 Å². The maximum atomic E-state index is 10.9. The summed E-state index contributed by atoms with van der Waals surface area (Å²) in [6.07, 6.45) is 2.62. The van der Waals surface area contributed by atoms with E-state index in [2.05, 4.69) is 6.92 Å². The van der Waals surface area contributed by atoms with Crippen molar-refractivity contribution >= 4 is 6.29 Å². The molecule has 0 amide bonds. The molecule has 14 heavy (non-hydrogen) atoms. The quantitative estimate of drug-likeness (QED) is 0.631. The van der Waals surface area contributed by atoms with Crippen molar-refractivity contribution in [2.45, 2.75) is 39.7 Å². The summed E-state index contributed by atoms with van der Waals surface area (Å²) in [5, 5.41) is 9.19. The molecule has 2 atom stereocenters. The van der Waals surface area contributed by atoms with Crippen LogP contribution in [0.15, 0.2) is 0 Å². The summed E-state index contributed by atoms with van der Waals surface area (Å²) >= 11 is 0. The molecule has 0 aliphatic heterocycles. The Bertz CT molecular complexity index is 171. The van der Waals surface area contributed by atoms with E-state index >= 15 is 0 Å². The summed E-state index contributed by atoms with van der Waals surface area (Å²) in [5.41, 5.74) is -0.265. The lowest BCUT2D eigenvalue weighted by molar-refractivity contribution is -0.116. The van der Waals surface area contributed by atoms with Gasteiger partial charge in [-0.3, -0.25) is 0 Å². The largest absolute Gasteiger partial charge is 0.392 e. The van der Waals surface area contributed by atoms with Gasteiger partial charge < -0.3 is 14.8 Å². The van der Waals surface area contributed by atoms with E-state index in [0.29, 0.717) is 6.54 Å². The molecule has 3 heteroatoms. The molecule has 84 valence electrons. The van der Waals surface area contributed by atoms with E-state index in [1.54, 1.807) is 6.92 Å². The Kier molecular flexibility index (Phi) is 5.96. The van der Waals surface area contributed by atoms with Crippen LogP contribution in [0.5, 0.6) is 0 Å². The minimum Gasteiger partial charge on any atom is -0.392 e. The van der Waals surface area contributed by atoms with Crippen molar-refractivity contribution in [2.24, 2.45) is 5.41 Å². The zero-order valence-electron chi connectivity index (χ0n) is 9.79. The summed E-state index contributed by atoms with van der Waals surface area (Å²) in [6.45, 7) is 7.15. The third-order valence-corrected chi connectivity index (χ3v) is 2.31. The van der Waals surface area contributed by atoms with Crippen LogP contribution in [0.3, 0.4) is 0 Å². The Hall–Kier alpha value is -0.410. The monoisotopic (exact) mass is 201 g/mol. The van der Waals surface area contributed by atoms with Gasteiger partial charge in [-0.1, -0.05) is 20.3 Å². The van der Waals surface area contributed by atoms with Crippen molar-refractivity contribution in [1.82, 2.24) is 4.90 Å². The Morgan fingerprint density at radius 3 is 2.50 bits per heavy atom. The summed E-state index contributed by atoms with van der Waals surface area (Å²) in [6, 6.07) is 0. The Morgan fingerprint density at radius 2 is 2.14 bits per heavy atom. The summed E-state index contributed by atoms with van der Waals surface area (Å²) < 4.78 is 0. The van der Waals surface area contributed by atoms with E-state index < -0.39 is 0 Å². The van der Waals surface area contributed by atoms with Crippen LogP contribution in [0.2, 0.25) is 0 Å².